The molecule has 10 heteroatoms. The predicted molar refractivity (Wildman–Crippen MR) is 111 cm³/mol. The number of hydrogen-bond acceptors (Lipinski definition) is 6. The van der Waals surface area contributed by atoms with Crippen LogP contribution in [0.5, 0.6) is 0 Å². The lowest BCUT2D eigenvalue weighted by Gasteiger charge is -2.20. The van der Waals surface area contributed by atoms with E-state index in [-0.39, 0.29) is 12.5 Å². The smallest absolute Gasteiger partial charge is 0.263 e. The van der Waals surface area contributed by atoms with Crippen molar-refractivity contribution in [3.63, 3.8) is 0 Å². The average molecular weight is 446 g/mol. The van der Waals surface area contributed by atoms with Gasteiger partial charge < -0.3 is 5.32 Å². The fraction of sp³-hybridized carbons (Fsp3) is 0.250. The van der Waals surface area contributed by atoms with Gasteiger partial charge in [0.25, 0.3) is 11.8 Å². The van der Waals surface area contributed by atoms with Crippen molar-refractivity contribution in [3.8, 4) is 0 Å². The molecule has 0 aliphatic carbocycles. The number of halogens is 2. The number of aryl methyl sites for hydroxylation is 1. The Morgan fingerprint density at radius 1 is 1.10 bits per heavy atom. The number of rotatable bonds is 5. The van der Waals surface area contributed by atoms with E-state index in [1.54, 1.807) is 42.5 Å². The first-order valence-corrected chi connectivity index (χ1v) is 9.93. The average Bonchev–Trinajstić information content (AvgIpc) is 3.23. The highest BCUT2D eigenvalue weighted by atomic mass is 35.5. The molecule has 1 fully saturated rings. The Morgan fingerprint density at radius 3 is 2.53 bits per heavy atom. The molecule has 2 atom stereocenters. The number of carbonyl (C=O) groups excluding carboxylic acids is 3. The van der Waals surface area contributed by atoms with Crippen LogP contribution in [0.15, 0.2) is 52.8 Å². The highest BCUT2D eigenvalue weighted by Crippen LogP contribution is 2.33. The Balaban J connectivity index is 1.43. The maximum atomic E-state index is 13.0. The van der Waals surface area contributed by atoms with Crippen molar-refractivity contribution in [3.05, 3.63) is 63.6 Å². The van der Waals surface area contributed by atoms with Crippen LogP contribution in [-0.4, -0.2) is 41.4 Å². The molecule has 0 spiro atoms. The summed E-state index contributed by atoms with van der Waals surface area (Å²) in [5.41, 5.74) is 2.08. The Hall–Kier alpha value is -2.97. The molecule has 1 N–H and O–H groups in total. The van der Waals surface area contributed by atoms with Crippen LogP contribution in [-0.2, 0) is 20.9 Å². The summed E-state index contributed by atoms with van der Waals surface area (Å²) in [6, 6.07) is 10.1. The van der Waals surface area contributed by atoms with E-state index in [1.165, 1.54) is 5.01 Å². The molecule has 0 aromatic heterocycles. The molecule has 4 rings (SSSR count). The first-order valence-electron chi connectivity index (χ1n) is 9.17. The molecule has 0 saturated carbocycles. The SMILES string of the molecule is Cc1ccc(N2C(=O)[C@@H]3[C@@H](N=NN3CC(=O)NCc3ccc(Cl)cc3)C2=O)cc1Cl. The molecule has 2 aromatic rings. The van der Waals surface area contributed by atoms with Gasteiger partial charge in [-0.15, -0.1) is 0 Å². The summed E-state index contributed by atoms with van der Waals surface area (Å²) in [5, 5.41) is 12.9. The first-order chi connectivity index (χ1) is 14.3. The van der Waals surface area contributed by atoms with Crippen LogP contribution in [0.4, 0.5) is 5.69 Å². The zero-order valence-electron chi connectivity index (χ0n) is 15.9. The first kappa shape index (κ1) is 20.3. The van der Waals surface area contributed by atoms with Crippen molar-refractivity contribution < 1.29 is 14.4 Å². The number of hydrogen-bond donors (Lipinski definition) is 1. The van der Waals surface area contributed by atoms with Crippen molar-refractivity contribution in [1.82, 2.24) is 10.3 Å². The van der Waals surface area contributed by atoms with Gasteiger partial charge in [-0.3, -0.25) is 19.4 Å². The van der Waals surface area contributed by atoms with Gasteiger partial charge in [-0.05, 0) is 42.3 Å². The number of carbonyl (C=O) groups is 3. The molecule has 154 valence electrons. The van der Waals surface area contributed by atoms with E-state index in [2.05, 4.69) is 15.7 Å². The number of nitrogens with one attached hydrogen (secondary N) is 1. The molecule has 2 heterocycles. The number of benzene rings is 2. The lowest BCUT2D eigenvalue weighted by Crippen LogP contribution is -2.44. The highest BCUT2D eigenvalue weighted by molar-refractivity contribution is 6.32. The third-order valence-electron chi connectivity index (χ3n) is 4.98. The molecule has 3 amide bonds. The van der Waals surface area contributed by atoms with Crippen molar-refractivity contribution in [2.75, 3.05) is 11.4 Å². The zero-order valence-corrected chi connectivity index (χ0v) is 17.4. The second-order valence-electron chi connectivity index (χ2n) is 7.04. The molecule has 30 heavy (non-hydrogen) atoms. The van der Waals surface area contributed by atoms with E-state index in [0.29, 0.717) is 22.3 Å². The van der Waals surface area contributed by atoms with E-state index in [1.807, 2.05) is 6.92 Å². The van der Waals surface area contributed by atoms with Crippen molar-refractivity contribution in [2.45, 2.75) is 25.6 Å². The lowest BCUT2D eigenvalue weighted by molar-refractivity contribution is -0.125. The molecule has 0 unspecified atom stereocenters. The minimum atomic E-state index is -0.971. The van der Waals surface area contributed by atoms with Crippen molar-refractivity contribution in [1.29, 1.82) is 0 Å². The fourth-order valence-corrected chi connectivity index (χ4v) is 3.64. The minimum Gasteiger partial charge on any atom is -0.350 e. The molecule has 8 nitrogen and oxygen atoms in total. The van der Waals surface area contributed by atoms with Crippen LogP contribution in [0.3, 0.4) is 0 Å². The van der Waals surface area contributed by atoms with E-state index in [0.717, 1.165) is 16.0 Å². The minimum absolute atomic E-state index is 0.195. The van der Waals surface area contributed by atoms with Crippen LogP contribution >= 0.6 is 23.2 Å². The number of nitrogens with zero attached hydrogens (tertiary/aromatic N) is 4. The second kappa shape index (κ2) is 8.04. The maximum Gasteiger partial charge on any atom is 0.263 e. The molecule has 0 radical (unpaired) electrons. The normalized spacial score (nSPS) is 20.1. The molecule has 0 bridgehead atoms. The van der Waals surface area contributed by atoms with Gasteiger partial charge in [0, 0.05) is 16.6 Å². The summed E-state index contributed by atoms with van der Waals surface area (Å²) in [6.07, 6.45) is 0. The summed E-state index contributed by atoms with van der Waals surface area (Å²) in [7, 11) is 0. The molecular formula is C20H17Cl2N5O3. The molecular weight excluding hydrogens is 429 g/mol. The Bertz CT molecular complexity index is 1060. The Kier molecular flexibility index (Phi) is 5.44. The van der Waals surface area contributed by atoms with Gasteiger partial charge in [0.05, 0.1) is 5.69 Å². The molecule has 2 aliphatic heterocycles. The Morgan fingerprint density at radius 2 is 1.83 bits per heavy atom. The lowest BCUT2D eigenvalue weighted by atomic mass is 10.1. The third kappa shape index (κ3) is 3.76. The summed E-state index contributed by atoms with van der Waals surface area (Å²) < 4.78 is 0. The van der Waals surface area contributed by atoms with E-state index in [4.69, 9.17) is 23.2 Å². The summed E-state index contributed by atoms with van der Waals surface area (Å²) in [5.74, 6) is -1.32. The van der Waals surface area contributed by atoms with Gasteiger partial charge in [0.15, 0.2) is 12.1 Å². The van der Waals surface area contributed by atoms with Crippen LogP contribution in [0.25, 0.3) is 0 Å². The highest BCUT2D eigenvalue weighted by Gasteiger charge is 2.55. The van der Waals surface area contributed by atoms with Gasteiger partial charge >= 0.3 is 0 Å². The summed E-state index contributed by atoms with van der Waals surface area (Å²) >= 11 is 12.0. The number of imide groups is 1. The number of anilines is 1. The summed E-state index contributed by atoms with van der Waals surface area (Å²) in [6.45, 7) is 1.93. The number of amides is 3. The van der Waals surface area contributed by atoms with Crippen molar-refractivity contribution in [2.24, 2.45) is 10.3 Å². The summed E-state index contributed by atoms with van der Waals surface area (Å²) in [4.78, 5) is 39.1. The topological polar surface area (TPSA) is 94.4 Å². The molecule has 2 aromatic carbocycles. The van der Waals surface area contributed by atoms with Gasteiger partial charge in [-0.2, -0.15) is 5.11 Å². The maximum absolute atomic E-state index is 13.0. The fourth-order valence-electron chi connectivity index (χ4n) is 3.34. The largest absolute Gasteiger partial charge is 0.350 e. The number of fused-ring (bicyclic) bond motifs is 1. The van der Waals surface area contributed by atoms with Gasteiger partial charge in [-0.25, -0.2) is 4.90 Å². The van der Waals surface area contributed by atoms with Gasteiger partial charge in [0.2, 0.25) is 5.91 Å². The van der Waals surface area contributed by atoms with E-state index in [9.17, 15) is 14.4 Å². The third-order valence-corrected chi connectivity index (χ3v) is 5.64. The quantitative estimate of drug-likeness (QED) is 0.715. The Labute approximate surface area is 182 Å². The second-order valence-corrected chi connectivity index (χ2v) is 7.88. The predicted octanol–water partition coefficient (Wildman–Crippen LogP) is 2.91. The van der Waals surface area contributed by atoms with E-state index >= 15 is 0 Å². The van der Waals surface area contributed by atoms with E-state index < -0.39 is 23.9 Å². The monoisotopic (exact) mass is 445 g/mol. The van der Waals surface area contributed by atoms with Crippen LogP contribution in [0.2, 0.25) is 10.0 Å². The van der Waals surface area contributed by atoms with Crippen LogP contribution in [0, 0.1) is 6.92 Å². The van der Waals surface area contributed by atoms with Crippen LogP contribution < -0.4 is 10.2 Å². The van der Waals surface area contributed by atoms with Crippen molar-refractivity contribution >= 4 is 46.6 Å². The standard InChI is InChI=1S/C20H17Cl2N5O3/c1-11-2-7-14(8-15(11)22)27-19(29)17-18(20(27)30)26(25-24-17)10-16(28)23-9-12-3-5-13(21)6-4-12/h2-8,17-18H,9-10H2,1H3,(H,23,28)/t17-,18+/m1/s1. The van der Waals surface area contributed by atoms with Gasteiger partial charge in [-0.1, -0.05) is 46.6 Å². The van der Waals surface area contributed by atoms with Gasteiger partial charge in [0.1, 0.15) is 6.54 Å². The zero-order chi connectivity index (χ0) is 21.4. The molecule has 1 saturated heterocycles. The molecule has 2 aliphatic rings. The van der Waals surface area contributed by atoms with Crippen LogP contribution in [0.1, 0.15) is 11.1 Å².